The molecule has 1 aliphatic rings. The number of carbonyl (C=O) groups is 1. The smallest absolute Gasteiger partial charge is 0.265 e. The van der Waals surface area contributed by atoms with E-state index in [1.807, 2.05) is 24.3 Å². The molecular weight excluding hydrogens is 443 g/mol. The van der Waals surface area contributed by atoms with Crippen LogP contribution in [-0.2, 0) is 4.79 Å². The number of fused-ring (bicyclic) bond motifs is 1. The quantitative estimate of drug-likeness (QED) is 0.263. The van der Waals surface area contributed by atoms with Crippen LogP contribution in [-0.4, -0.2) is 45.2 Å². The number of amides is 1. The molecule has 0 spiro atoms. The third-order valence-corrected chi connectivity index (χ3v) is 4.13. The molecule has 0 saturated carbocycles. The highest BCUT2D eigenvalue weighted by Crippen LogP contribution is 2.31. The number of benzene rings is 1. The summed E-state index contributed by atoms with van der Waals surface area (Å²) >= 11 is 0. The molecule has 1 aromatic carbocycles. The molecule has 1 aliphatic heterocycles. The van der Waals surface area contributed by atoms with Crippen molar-refractivity contribution in [3.63, 3.8) is 0 Å². The van der Waals surface area contributed by atoms with Gasteiger partial charge in [0.2, 0.25) is 0 Å². The maximum atomic E-state index is 12.1. The molecule has 1 amide bonds. The number of carbonyl (C=O) groups excluding carboxylic acids is 1. The molecule has 1 aromatic rings. The summed E-state index contributed by atoms with van der Waals surface area (Å²) in [4.78, 5) is 18.2. The lowest BCUT2D eigenvalue weighted by atomic mass is 10.1. The fraction of sp³-hybridized carbons (Fsp3) is 0.579. The summed E-state index contributed by atoms with van der Waals surface area (Å²) in [5.74, 6) is 2.33. The predicted molar refractivity (Wildman–Crippen MR) is 118 cm³/mol. The van der Waals surface area contributed by atoms with Gasteiger partial charge in [0.05, 0.1) is 5.69 Å². The second kappa shape index (κ2) is 12.0. The molecule has 0 unspecified atom stereocenters. The van der Waals surface area contributed by atoms with Gasteiger partial charge in [0, 0.05) is 26.7 Å². The number of hydrogen-bond acceptors (Lipinski definition) is 3. The minimum absolute atomic E-state index is 0. The number of nitrogens with one attached hydrogen (secondary N) is 2. The SMILES string of the molecule is CN=C(NCCCC(C)C)NCCCN1C(=O)COc2ccccc21.I. The number of halogens is 1. The third-order valence-electron chi connectivity index (χ3n) is 4.13. The molecule has 0 aliphatic carbocycles. The average molecular weight is 474 g/mol. The Morgan fingerprint density at radius 2 is 1.92 bits per heavy atom. The maximum Gasteiger partial charge on any atom is 0.265 e. The Balaban J connectivity index is 0.00000338. The Hall–Kier alpha value is -1.51. The first-order valence-electron chi connectivity index (χ1n) is 9.08. The number of guanidine groups is 1. The van der Waals surface area contributed by atoms with Crippen LogP contribution in [0.3, 0.4) is 0 Å². The summed E-state index contributed by atoms with van der Waals surface area (Å²) < 4.78 is 5.46. The summed E-state index contributed by atoms with van der Waals surface area (Å²) in [5, 5.41) is 6.63. The van der Waals surface area contributed by atoms with E-state index in [2.05, 4.69) is 29.5 Å². The zero-order valence-corrected chi connectivity index (χ0v) is 18.3. The van der Waals surface area contributed by atoms with Crippen molar-refractivity contribution >= 4 is 41.5 Å². The van der Waals surface area contributed by atoms with Crippen LogP contribution in [0.25, 0.3) is 0 Å². The van der Waals surface area contributed by atoms with Crippen molar-refractivity contribution < 1.29 is 9.53 Å². The van der Waals surface area contributed by atoms with Crippen LogP contribution in [0, 0.1) is 5.92 Å². The molecule has 7 heteroatoms. The van der Waals surface area contributed by atoms with E-state index < -0.39 is 0 Å². The van der Waals surface area contributed by atoms with Crippen LogP contribution in [0.1, 0.15) is 33.1 Å². The van der Waals surface area contributed by atoms with E-state index in [1.54, 1.807) is 11.9 Å². The molecule has 26 heavy (non-hydrogen) atoms. The predicted octanol–water partition coefficient (Wildman–Crippen LogP) is 3.02. The van der Waals surface area contributed by atoms with Gasteiger partial charge < -0.3 is 20.3 Å². The van der Waals surface area contributed by atoms with Crippen molar-refractivity contribution in [3.8, 4) is 5.75 Å². The largest absolute Gasteiger partial charge is 0.482 e. The molecule has 146 valence electrons. The monoisotopic (exact) mass is 474 g/mol. The van der Waals surface area contributed by atoms with Gasteiger partial charge in [-0.1, -0.05) is 26.0 Å². The Kier molecular flexibility index (Phi) is 10.4. The van der Waals surface area contributed by atoms with Gasteiger partial charge in [0.25, 0.3) is 5.91 Å². The van der Waals surface area contributed by atoms with Crippen molar-refractivity contribution in [2.75, 3.05) is 38.2 Å². The molecule has 0 atom stereocenters. The van der Waals surface area contributed by atoms with Crippen molar-refractivity contribution in [1.29, 1.82) is 0 Å². The molecule has 2 rings (SSSR count). The summed E-state index contributed by atoms with van der Waals surface area (Å²) in [5.41, 5.74) is 0.856. The van der Waals surface area contributed by atoms with Crippen LogP contribution in [0.15, 0.2) is 29.3 Å². The second-order valence-electron chi connectivity index (χ2n) is 6.62. The molecule has 1 heterocycles. The van der Waals surface area contributed by atoms with E-state index in [4.69, 9.17) is 4.74 Å². The second-order valence-corrected chi connectivity index (χ2v) is 6.62. The van der Waals surface area contributed by atoms with Crippen LogP contribution < -0.4 is 20.3 Å². The maximum absolute atomic E-state index is 12.1. The highest BCUT2D eigenvalue weighted by atomic mass is 127. The van der Waals surface area contributed by atoms with Crippen molar-refractivity contribution in [2.45, 2.75) is 33.1 Å². The number of anilines is 1. The normalized spacial score (nSPS) is 13.8. The van der Waals surface area contributed by atoms with Crippen LogP contribution in [0.4, 0.5) is 5.69 Å². The Labute approximate surface area is 173 Å². The van der Waals surface area contributed by atoms with Gasteiger partial charge in [-0.15, -0.1) is 24.0 Å². The minimum Gasteiger partial charge on any atom is -0.482 e. The molecule has 0 saturated heterocycles. The third kappa shape index (κ3) is 7.01. The lowest BCUT2D eigenvalue weighted by Crippen LogP contribution is -2.42. The average Bonchev–Trinajstić information content (AvgIpc) is 2.61. The number of nitrogens with zero attached hydrogens (tertiary/aromatic N) is 2. The van der Waals surface area contributed by atoms with Gasteiger partial charge in [-0.3, -0.25) is 9.79 Å². The van der Waals surface area contributed by atoms with E-state index in [0.717, 1.165) is 49.2 Å². The highest BCUT2D eigenvalue weighted by Gasteiger charge is 2.24. The van der Waals surface area contributed by atoms with Gasteiger partial charge in [-0.25, -0.2) is 0 Å². The van der Waals surface area contributed by atoms with E-state index in [0.29, 0.717) is 6.54 Å². The van der Waals surface area contributed by atoms with Crippen LogP contribution in [0.2, 0.25) is 0 Å². The lowest BCUT2D eigenvalue weighted by molar-refractivity contribution is -0.121. The zero-order chi connectivity index (χ0) is 18.1. The van der Waals surface area contributed by atoms with Gasteiger partial charge in [0.15, 0.2) is 12.6 Å². The lowest BCUT2D eigenvalue weighted by Gasteiger charge is -2.29. The van der Waals surface area contributed by atoms with Crippen LogP contribution >= 0.6 is 24.0 Å². The Bertz CT molecular complexity index is 593. The Morgan fingerprint density at radius 1 is 1.23 bits per heavy atom. The summed E-state index contributed by atoms with van der Waals surface area (Å²) in [7, 11) is 1.78. The molecule has 0 bridgehead atoms. The molecular formula is C19H31IN4O2. The Morgan fingerprint density at radius 3 is 2.62 bits per heavy atom. The van der Waals surface area contributed by atoms with Crippen molar-refractivity contribution in [3.05, 3.63) is 24.3 Å². The molecule has 2 N–H and O–H groups in total. The zero-order valence-electron chi connectivity index (χ0n) is 16.0. The number of hydrogen-bond donors (Lipinski definition) is 2. The van der Waals surface area contributed by atoms with Gasteiger partial charge in [0.1, 0.15) is 5.75 Å². The first kappa shape index (κ1) is 22.5. The minimum atomic E-state index is 0. The summed E-state index contributed by atoms with van der Waals surface area (Å²) in [6, 6.07) is 7.67. The summed E-state index contributed by atoms with van der Waals surface area (Å²) in [6.45, 7) is 6.93. The van der Waals surface area contributed by atoms with Gasteiger partial charge >= 0.3 is 0 Å². The molecule has 0 aromatic heterocycles. The topological polar surface area (TPSA) is 66.0 Å². The highest BCUT2D eigenvalue weighted by molar-refractivity contribution is 14.0. The van der Waals surface area contributed by atoms with Gasteiger partial charge in [-0.2, -0.15) is 0 Å². The van der Waals surface area contributed by atoms with Gasteiger partial charge in [-0.05, 0) is 37.3 Å². The fourth-order valence-electron chi connectivity index (χ4n) is 2.78. The first-order chi connectivity index (χ1) is 12.1. The first-order valence-corrected chi connectivity index (χ1v) is 9.08. The van der Waals surface area contributed by atoms with E-state index in [1.165, 1.54) is 6.42 Å². The van der Waals surface area contributed by atoms with E-state index >= 15 is 0 Å². The number of rotatable bonds is 8. The van der Waals surface area contributed by atoms with E-state index in [-0.39, 0.29) is 36.5 Å². The number of aliphatic imine (C=N–C) groups is 1. The van der Waals surface area contributed by atoms with Crippen LogP contribution in [0.5, 0.6) is 5.75 Å². The number of para-hydroxylation sites is 2. The van der Waals surface area contributed by atoms with Crippen molar-refractivity contribution in [2.24, 2.45) is 10.9 Å². The van der Waals surface area contributed by atoms with E-state index in [9.17, 15) is 4.79 Å². The number of ether oxygens (including phenoxy) is 1. The van der Waals surface area contributed by atoms with Crippen molar-refractivity contribution in [1.82, 2.24) is 10.6 Å². The standard InChI is InChI=1S/C19H30N4O2.HI/c1-15(2)8-6-11-21-19(20-3)22-12-7-13-23-16-9-4-5-10-17(16)25-14-18(23)24;/h4-5,9-10,15H,6-8,11-14H2,1-3H3,(H2,20,21,22);1H. The molecule has 0 fully saturated rings. The molecule has 6 nitrogen and oxygen atoms in total. The molecule has 0 radical (unpaired) electrons. The fourth-order valence-corrected chi connectivity index (χ4v) is 2.78. The summed E-state index contributed by atoms with van der Waals surface area (Å²) in [6.07, 6.45) is 3.19.